The van der Waals surface area contributed by atoms with Crippen molar-refractivity contribution in [1.29, 1.82) is 0 Å². The number of thiophene rings is 1. The number of rotatable bonds is 5. The highest BCUT2D eigenvalue weighted by atomic mass is 32.2. The van der Waals surface area contributed by atoms with Gasteiger partial charge in [-0.1, -0.05) is 11.8 Å². The Morgan fingerprint density at radius 2 is 2.14 bits per heavy atom. The summed E-state index contributed by atoms with van der Waals surface area (Å²) in [5.41, 5.74) is 4.54. The summed E-state index contributed by atoms with van der Waals surface area (Å²) < 4.78 is 6.66. The Labute approximate surface area is 170 Å². The minimum Gasteiger partial charge on any atom is -0.463 e. The second-order valence-corrected chi connectivity index (χ2v) is 8.77. The summed E-state index contributed by atoms with van der Waals surface area (Å²) in [5.74, 6) is 1.59. The zero-order valence-electron chi connectivity index (χ0n) is 15.7. The van der Waals surface area contributed by atoms with Crippen molar-refractivity contribution in [3.63, 3.8) is 0 Å². The number of anilines is 1. The fourth-order valence-corrected chi connectivity index (χ4v) is 5.29. The van der Waals surface area contributed by atoms with Gasteiger partial charge in [0, 0.05) is 11.9 Å². The molecule has 0 fully saturated rings. The van der Waals surface area contributed by atoms with E-state index in [1.807, 2.05) is 18.4 Å². The zero-order chi connectivity index (χ0) is 19.3. The number of fused-ring (bicyclic) bond motifs is 5. The number of aryl methyl sites for hydroxylation is 1. The molecular weight excluding hydrogens is 392 g/mol. The van der Waals surface area contributed by atoms with Crippen molar-refractivity contribution in [2.45, 2.75) is 37.4 Å². The standard InChI is InChI=1S/C20H20N4O2S2/c1-10(25)9-21-18-17-16(23-20(24-18)27-2)14-11-5-3-6-12(11)15(22-19(14)28-17)13-7-4-8-26-13/h4,7-8,10,25H,3,5-6,9H2,1-2H3,(H,21,23,24)/t10-/m0/s1. The highest BCUT2D eigenvalue weighted by Crippen LogP contribution is 2.44. The average Bonchev–Trinajstić information content (AvgIpc) is 3.43. The minimum atomic E-state index is -0.454. The van der Waals surface area contributed by atoms with Gasteiger partial charge in [0.25, 0.3) is 0 Å². The Morgan fingerprint density at radius 3 is 2.89 bits per heavy atom. The first-order valence-corrected chi connectivity index (χ1v) is 11.4. The third-order valence-electron chi connectivity index (χ3n) is 5.02. The molecule has 4 heterocycles. The largest absolute Gasteiger partial charge is 0.463 e. The summed E-state index contributed by atoms with van der Waals surface area (Å²) in [6, 6.07) is 3.88. The molecule has 0 unspecified atom stereocenters. The van der Waals surface area contributed by atoms with Crippen LogP contribution < -0.4 is 5.32 Å². The van der Waals surface area contributed by atoms with Crippen molar-refractivity contribution in [2.24, 2.45) is 0 Å². The molecule has 0 saturated heterocycles. The molecule has 6 nitrogen and oxygen atoms in total. The number of furan rings is 1. The molecule has 0 aliphatic heterocycles. The van der Waals surface area contributed by atoms with E-state index in [1.165, 1.54) is 22.9 Å². The van der Waals surface area contributed by atoms with E-state index in [9.17, 15) is 5.11 Å². The highest BCUT2D eigenvalue weighted by molar-refractivity contribution is 7.98. The summed E-state index contributed by atoms with van der Waals surface area (Å²) in [6.45, 7) is 2.20. The molecule has 5 rings (SSSR count). The predicted octanol–water partition coefficient (Wildman–Crippen LogP) is 4.50. The molecule has 1 aliphatic carbocycles. The third-order valence-corrected chi connectivity index (χ3v) is 6.64. The first-order chi connectivity index (χ1) is 13.7. The number of aliphatic hydroxyl groups excluding tert-OH is 1. The molecule has 8 heteroatoms. The van der Waals surface area contributed by atoms with Gasteiger partial charge >= 0.3 is 0 Å². The monoisotopic (exact) mass is 412 g/mol. The van der Waals surface area contributed by atoms with Crippen LogP contribution >= 0.6 is 23.1 Å². The maximum absolute atomic E-state index is 9.69. The number of pyridine rings is 1. The van der Waals surface area contributed by atoms with Gasteiger partial charge in [-0.25, -0.2) is 15.0 Å². The number of nitrogens with zero attached hydrogens (tertiary/aromatic N) is 3. The molecule has 0 aromatic carbocycles. The molecule has 144 valence electrons. The SMILES string of the molecule is CSc1nc(NC[C@H](C)O)c2sc3nc(-c4ccco4)c4c(c3c2n1)CCC4. The van der Waals surface area contributed by atoms with Gasteiger partial charge in [0.05, 0.1) is 22.6 Å². The van der Waals surface area contributed by atoms with Crippen molar-refractivity contribution >= 4 is 49.3 Å². The molecule has 0 bridgehead atoms. The lowest BCUT2D eigenvalue weighted by Gasteiger charge is -2.10. The van der Waals surface area contributed by atoms with Crippen LogP contribution in [0.1, 0.15) is 24.5 Å². The second kappa shape index (κ2) is 7.02. The van der Waals surface area contributed by atoms with E-state index in [-0.39, 0.29) is 0 Å². The van der Waals surface area contributed by atoms with Crippen LogP contribution in [-0.2, 0) is 12.8 Å². The molecule has 0 spiro atoms. The Hall–Kier alpha value is -2.16. The lowest BCUT2D eigenvalue weighted by atomic mass is 10.0. The van der Waals surface area contributed by atoms with Crippen molar-refractivity contribution in [2.75, 3.05) is 18.1 Å². The summed E-state index contributed by atoms with van der Waals surface area (Å²) in [7, 11) is 0. The van der Waals surface area contributed by atoms with E-state index in [4.69, 9.17) is 14.4 Å². The van der Waals surface area contributed by atoms with E-state index < -0.39 is 6.10 Å². The smallest absolute Gasteiger partial charge is 0.189 e. The maximum atomic E-state index is 9.69. The Morgan fingerprint density at radius 1 is 1.29 bits per heavy atom. The van der Waals surface area contributed by atoms with Crippen LogP contribution in [0.5, 0.6) is 0 Å². The summed E-state index contributed by atoms with van der Waals surface area (Å²) >= 11 is 3.13. The molecule has 1 atom stereocenters. The number of nitrogens with one attached hydrogen (secondary N) is 1. The molecule has 0 saturated carbocycles. The number of aliphatic hydroxyl groups is 1. The number of hydrogen-bond acceptors (Lipinski definition) is 8. The van der Waals surface area contributed by atoms with Gasteiger partial charge in [-0.05, 0) is 55.7 Å². The molecule has 4 aromatic heterocycles. The predicted molar refractivity (Wildman–Crippen MR) is 114 cm³/mol. The van der Waals surface area contributed by atoms with Gasteiger partial charge in [-0.3, -0.25) is 0 Å². The van der Waals surface area contributed by atoms with Crippen LogP contribution in [0.4, 0.5) is 5.82 Å². The van der Waals surface area contributed by atoms with Crippen molar-refractivity contribution in [3.05, 3.63) is 29.5 Å². The maximum Gasteiger partial charge on any atom is 0.189 e. The van der Waals surface area contributed by atoms with E-state index in [2.05, 4.69) is 10.3 Å². The molecule has 0 radical (unpaired) electrons. The van der Waals surface area contributed by atoms with Crippen molar-refractivity contribution in [1.82, 2.24) is 15.0 Å². The van der Waals surface area contributed by atoms with E-state index in [1.54, 1.807) is 24.5 Å². The van der Waals surface area contributed by atoms with Gasteiger partial charge in [0.2, 0.25) is 0 Å². The first kappa shape index (κ1) is 17.9. The fourth-order valence-electron chi connectivity index (χ4n) is 3.82. The first-order valence-electron chi connectivity index (χ1n) is 9.31. The lowest BCUT2D eigenvalue weighted by Crippen LogP contribution is -2.16. The third kappa shape index (κ3) is 2.87. The van der Waals surface area contributed by atoms with E-state index in [0.717, 1.165) is 62.1 Å². The topological polar surface area (TPSA) is 84.1 Å². The molecular formula is C20H20N4O2S2. The molecule has 0 amide bonds. The van der Waals surface area contributed by atoms with Crippen LogP contribution in [-0.4, -0.2) is 39.0 Å². The molecule has 2 N–H and O–H groups in total. The van der Waals surface area contributed by atoms with Crippen LogP contribution in [0.25, 0.3) is 31.9 Å². The lowest BCUT2D eigenvalue weighted by molar-refractivity contribution is 0.208. The van der Waals surface area contributed by atoms with Crippen molar-refractivity contribution in [3.8, 4) is 11.5 Å². The normalized spacial score (nSPS) is 14.7. The van der Waals surface area contributed by atoms with Crippen LogP contribution in [0.15, 0.2) is 28.0 Å². The highest BCUT2D eigenvalue weighted by Gasteiger charge is 2.26. The number of aromatic nitrogens is 3. The molecule has 4 aromatic rings. The number of thioether (sulfide) groups is 1. The van der Waals surface area contributed by atoms with Crippen molar-refractivity contribution < 1.29 is 9.52 Å². The second-order valence-electron chi connectivity index (χ2n) is 7.00. The van der Waals surface area contributed by atoms with E-state index in [0.29, 0.717) is 6.54 Å². The van der Waals surface area contributed by atoms with Gasteiger partial charge in [-0.2, -0.15) is 0 Å². The number of hydrogen-bond donors (Lipinski definition) is 2. The van der Waals surface area contributed by atoms with Gasteiger partial charge < -0.3 is 14.8 Å². The van der Waals surface area contributed by atoms with Gasteiger partial charge in [0.1, 0.15) is 16.3 Å². The van der Waals surface area contributed by atoms with Gasteiger partial charge in [0.15, 0.2) is 10.9 Å². The molecule has 1 aliphatic rings. The van der Waals surface area contributed by atoms with Crippen LogP contribution in [0.2, 0.25) is 0 Å². The average molecular weight is 413 g/mol. The summed E-state index contributed by atoms with van der Waals surface area (Å²) in [5, 5.41) is 14.9. The fraction of sp³-hybridized carbons (Fsp3) is 0.350. The molecule has 28 heavy (non-hydrogen) atoms. The summed E-state index contributed by atoms with van der Waals surface area (Å²) in [4.78, 5) is 15.4. The Bertz CT molecular complexity index is 1170. The van der Waals surface area contributed by atoms with Crippen LogP contribution in [0.3, 0.4) is 0 Å². The van der Waals surface area contributed by atoms with Gasteiger partial charge in [-0.15, -0.1) is 11.3 Å². The minimum absolute atomic E-state index is 0.442. The van der Waals surface area contributed by atoms with E-state index >= 15 is 0 Å². The Balaban J connectivity index is 1.80. The van der Waals surface area contributed by atoms with Crippen LogP contribution in [0, 0.1) is 0 Å². The quantitative estimate of drug-likeness (QED) is 0.369. The summed E-state index contributed by atoms with van der Waals surface area (Å²) in [6.07, 6.45) is 6.38. The Kier molecular flexibility index (Phi) is 4.49. The zero-order valence-corrected chi connectivity index (χ0v) is 17.3.